The minimum Gasteiger partial charge on any atom is -0.467 e. The molecular weight excluding hydrogens is 256 g/mol. The van der Waals surface area contributed by atoms with E-state index < -0.39 is 0 Å². The molecule has 0 saturated carbocycles. The van der Waals surface area contributed by atoms with Gasteiger partial charge in [-0.1, -0.05) is 6.92 Å². The van der Waals surface area contributed by atoms with E-state index in [1.54, 1.807) is 18.5 Å². The Kier molecular flexibility index (Phi) is 4.86. The van der Waals surface area contributed by atoms with Gasteiger partial charge in [0, 0.05) is 18.9 Å². The van der Waals surface area contributed by atoms with Gasteiger partial charge in [-0.2, -0.15) is 0 Å². The van der Waals surface area contributed by atoms with Crippen molar-refractivity contribution >= 4 is 5.91 Å². The van der Waals surface area contributed by atoms with Crippen LogP contribution in [0.2, 0.25) is 0 Å². The van der Waals surface area contributed by atoms with Crippen LogP contribution in [0.1, 0.15) is 28.6 Å². The summed E-state index contributed by atoms with van der Waals surface area (Å²) in [7, 11) is 0. The summed E-state index contributed by atoms with van der Waals surface area (Å²) in [4.78, 5) is 17.8. The third-order valence-electron chi connectivity index (χ3n) is 3.09. The maximum absolute atomic E-state index is 11.6. The van der Waals surface area contributed by atoms with Crippen molar-refractivity contribution in [3.8, 4) is 0 Å². The van der Waals surface area contributed by atoms with Crippen molar-refractivity contribution in [3.05, 3.63) is 53.7 Å². The number of hydrogen-bond acceptors (Lipinski definition) is 5. The number of nitrogens with zero attached hydrogens (tertiary/aromatic N) is 2. The Morgan fingerprint density at radius 3 is 2.75 bits per heavy atom. The van der Waals surface area contributed by atoms with Gasteiger partial charge in [-0.3, -0.25) is 20.1 Å². The van der Waals surface area contributed by atoms with Crippen molar-refractivity contribution in [2.45, 2.75) is 20.0 Å². The molecule has 1 amide bonds. The van der Waals surface area contributed by atoms with E-state index in [0.29, 0.717) is 17.9 Å². The van der Waals surface area contributed by atoms with Crippen LogP contribution in [0.5, 0.6) is 0 Å². The number of rotatable bonds is 6. The molecule has 6 heteroatoms. The first-order valence-corrected chi connectivity index (χ1v) is 6.43. The van der Waals surface area contributed by atoms with Crippen LogP contribution in [0.25, 0.3) is 0 Å². The Labute approximate surface area is 117 Å². The van der Waals surface area contributed by atoms with Crippen LogP contribution in [0.4, 0.5) is 0 Å². The van der Waals surface area contributed by atoms with Gasteiger partial charge in [-0.15, -0.1) is 0 Å². The lowest BCUT2D eigenvalue weighted by molar-refractivity contribution is 0.0949. The monoisotopic (exact) mass is 274 g/mol. The van der Waals surface area contributed by atoms with Crippen molar-refractivity contribution in [2.75, 3.05) is 6.54 Å². The van der Waals surface area contributed by atoms with E-state index in [2.05, 4.69) is 22.2 Å². The second-order valence-electron chi connectivity index (χ2n) is 4.39. The molecule has 0 aliphatic heterocycles. The lowest BCUT2D eigenvalue weighted by atomic mass is 10.2. The average molecular weight is 274 g/mol. The summed E-state index contributed by atoms with van der Waals surface area (Å²) in [5.41, 5.74) is 3.76. The molecule has 0 spiro atoms. The summed E-state index contributed by atoms with van der Waals surface area (Å²) < 4.78 is 5.39. The van der Waals surface area contributed by atoms with Gasteiger partial charge < -0.3 is 4.42 Å². The second-order valence-corrected chi connectivity index (χ2v) is 4.39. The normalized spacial score (nSPS) is 10.8. The summed E-state index contributed by atoms with van der Waals surface area (Å²) in [5, 5.41) is 0. The predicted molar refractivity (Wildman–Crippen MR) is 74.4 cm³/mol. The van der Waals surface area contributed by atoms with Gasteiger partial charge in [0.25, 0.3) is 5.91 Å². The van der Waals surface area contributed by atoms with Crippen LogP contribution >= 0.6 is 0 Å². The van der Waals surface area contributed by atoms with Gasteiger partial charge in [-0.25, -0.2) is 5.84 Å². The maximum atomic E-state index is 11.6. The number of furan rings is 1. The first kappa shape index (κ1) is 14.2. The number of nitrogens with two attached hydrogens (primary N) is 1. The molecule has 106 valence electrons. The van der Waals surface area contributed by atoms with Crippen molar-refractivity contribution < 1.29 is 9.21 Å². The number of nitrogens with one attached hydrogen (secondary N) is 1. The van der Waals surface area contributed by atoms with Crippen LogP contribution in [-0.4, -0.2) is 22.3 Å². The number of amides is 1. The van der Waals surface area contributed by atoms with E-state index in [1.807, 2.05) is 12.1 Å². The third kappa shape index (κ3) is 3.43. The zero-order valence-corrected chi connectivity index (χ0v) is 11.4. The van der Waals surface area contributed by atoms with Crippen LogP contribution < -0.4 is 11.3 Å². The van der Waals surface area contributed by atoms with E-state index in [-0.39, 0.29) is 5.91 Å². The highest BCUT2D eigenvalue weighted by Crippen LogP contribution is 2.15. The largest absolute Gasteiger partial charge is 0.467 e. The minimum absolute atomic E-state index is 0.339. The lowest BCUT2D eigenvalue weighted by Gasteiger charge is -2.19. The molecular formula is C14H18N4O2. The summed E-state index contributed by atoms with van der Waals surface area (Å²) >= 11 is 0. The lowest BCUT2D eigenvalue weighted by Crippen LogP contribution is -2.31. The summed E-state index contributed by atoms with van der Waals surface area (Å²) in [6.07, 6.45) is 5.03. The number of aromatic nitrogens is 1. The number of hydrazine groups is 1. The number of carbonyl (C=O) groups is 1. The van der Waals surface area contributed by atoms with Gasteiger partial charge in [0.05, 0.1) is 18.4 Å². The van der Waals surface area contributed by atoms with Crippen LogP contribution in [-0.2, 0) is 13.1 Å². The van der Waals surface area contributed by atoms with Crippen molar-refractivity contribution in [2.24, 2.45) is 5.84 Å². The Hall–Kier alpha value is -2.18. The number of carbonyl (C=O) groups excluding carboxylic acids is 1. The van der Waals surface area contributed by atoms with Crippen LogP contribution in [0, 0.1) is 0 Å². The smallest absolute Gasteiger partial charge is 0.268 e. The fraction of sp³-hybridized carbons (Fsp3) is 0.286. The Morgan fingerprint density at radius 2 is 2.10 bits per heavy atom. The highest BCUT2D eigenvalue weighted by atomic mass is 16.3. The molecule has 2 aromatic heterocycles. The fourth-order valence-electron chi connectivity index (χ4n) is 1.97. The van der Waals surface area contributed by atoms with E-state index in [9.17, 15) is 4.79 Å². The molecule has 2 rings (SSSR count). The van der Waals surface area contributed by atoms with Crippen molar-refractivity contribution in [1.82, 2.24) is 15.3 Å². The first-order chi connectivity index (χ1) is 9.74. The van der Waals surface area contributed by atoms with E-state index >= 15 is 0 Å². The van der Waals surface area contributed by atoms with E-state index in [4.69, 9.17) is 10.3 Å². The standard InChI is InChI=1S/C14H18N4O2/c1-2-18(9-11-3-6-16-7-4-11)10-13-12(5-8-20-13)14(19)17-15/h3-8H,2,9-10,15H2,1H3,(H,17,19). The first-order valence-electron chi connectivity index (χ1n) is 6.43. The molecule has 3 N–H and O–H groups in total. The summed E-state index contributed by atoms with van der Waals surface area (Å²) in [6, 6.07) is 5.56. The maximum Gasteiger partial charge on any atom is 0.268 e. The van der Waals surface area contributed by atoms with E-state index in [0.717, 1.165) is 13.1 Å². The Balaban J connectivity index is 2.07. The zero-order chi connectivity index (χ0) is 14.4. The van der Waals surface area contributed by atoms with Crippen LogP contribution in [0.3, 0.4) is 0 Å². The zero-order valence-electron chi connectivity index (χ0n) is 11.4. The molecule has 0 aliphatic carbocycles. The van der Waals surface area contributed by atoms with Crippen LogP contribution in [0.15, 0.2) is 41.3 Å². The predicted octanol–water partition coefficient (Wildman–Crippen LogP) is 1.30. The highest BCUT2D eigenvalue weighted by molar-refractivity contribution is 5.94. The highest BCUT2D eigenvalue weighted by Gasteiger charge is 2.16. The molecule has 0 aliphatic rings. The molecule has 0 bridgehead atoms. The SMILES string of the molecule is CCN(Cc1ccncc1)Cc1occc1C(=O)NN. The Bertz CT molecular complexity index is 553. The van der Waals surface area contributed by atoms with Gasteiger partial charge in [0.2, 0.25) is 0 Å². The molecule has 6 nitrogen and oxygen atoms in total. The van der Waals surface area contributed by atoms with Gasteiger partial charge in [0.15, 0.2) is 0 Å². The average Bonchev–Trinajstić information content (AvgIpc) is 2.95. The Morgan fingerprint density at radius 1 is 1.35 bits per heavy atom. The molecule has 0 saturated heterocycles. The van der Waals surface area contributed by atoms with Gasteiger partial charge >= 0.3 is 0 Å². The number of nitrogen functional groups attached to an aromatic ring is 1. The molecule has 0 unspecified atom stereocenters. The second kappa shape index (κ2) is 6.83. The molecule has 2 heterocycles. The number of pyridine rings is 1. The molecule has 2 aromatic rings. The van der Waals surface area contributed by atoms with E-state index in [1.165, 1.54) is 11.8 Å². The molecule has 0 atom stereocenters. The van der Waals surface area contributed by atoms with Gasteiger partial charge in [-0.05, 0) is 30.3 Å². The molecule has 0 fully saturated rings. The minimum atomic E-state index is -0.339. The van der Waals surface area contributed by atoms with Gasteiger partial charge in [0.1, 0.15) is 5.76 Å². The molecule has 0 radical (unpaired) electrons. The third-order valence-corrected chi connectivity index (χ3v) is 3.09. The van der Waals surface area contributed by atoms with Crippen molar-refractivity contribution in [3.63, 3.8) is 0 Å². The quantitative estimate of drug-likeness (QED) is 0.471. The number of hydrogen-bond donors (Lipinski definition) is 2. The summed E-state index contributed by atoms with van der Waals surface area (Å²) in [6.45, 7) is 4.22. The summed E-state index contributed by atoms with van der Waals surface area (Å²) in [5.74, 6) is 5.43. The fourth-order valence-corrected chi connectivity index (χ4v) is 1.97. The topological polar surface area (TPSA) is 84.4 Å². The molecule has 20 heavy (non-hydrogen) atoms. The molecule has 0 aromatic carbocycles. The van der Waals surface area contributed by atoms with Crippen molar-refractivity contribution in [1.29, 1.82) is 0 Å².